The Morgan fingerprint density at radius 1 is 1.56 bits per heavy atom. The third-order valence-electron chi connectivity index (χ3n) is 2.60. The summed E-state index contributed by atoms with van der Waals surface area (Å²) in [6.07, 6.45) is 4.14. The van der Waals surface area contributed by atoms with Crippen LogP contribution in [0.3, 0.4) is 0 Å². The van der Waals surface area contributed by atoms with Crippen LogP contribution in [0.1, 0.15) is 19.8 Å². The molecule has 1 fully saturated rings. The second kappa shape index (κ2) is 7.84. The Labute approximate surface area is 106 Å². The molecule has 0 unspecified atom stereocenters. The molecule has 2 atom stereocenters. The molecule has 0 aromatic heterocycles. The van der Waals surface area contributed by atoms with E-state index in [1.165, 1.54) is 0 Å². The molecule has 1 heterocycles. The summed E-state index contributed by atoms with van der Waals surface area (Å²) in [4.78, 5) is 22.0. The summed E-state index contributed by atoms with van der Waals surface area (Å²) in [6.45, 7) is 2.36. The van der Waals surface area contributed by atoms with Gasteiger partial charge in [-0.25, -0.2) is 4.79 Å². The highest BCUT2D eigenvalue weighted by Crippen LogP contribution is 2.12. The Kier molecular flexibility index (Phi) is 6.38. The van der Waals surface area contributed by atoms with Gasteiger partial charge in [-0.3, -0.25) is 4.79 Å². The Morgan fingerprint density at radius 3 is 3.00 bits per heavy atom. The molecule has 1 amide bonds. The molecule has 0 radical (unpaired) electrons. The van der Waals surface area contributed by atoms with E-state index in [0.29, 0.717) is 26.1 Å². The number of hydrogen-bond acceptors (Lipinski definition) is 4. The minimum atomic E-state index is -1.01. The standard InChI is InChI=1S/C12H19NO5/c1-2-3-4-11(14)13-9-7-17-6-5-10(9)18-8-12(15)16/h2-3,9-10H,4-8H2,1H3,(H,13,14)(H,15,16)/t9-,10+/m1/s1. The van der Waals surface area contributed by atoms with E-state index < -0.39 is 5.97 Å². The van der Waals surface area contributed by atoms with Crippen LogP contribution >= 0.6 is 0 Å². The van der Waals surface area contributed by atoms with Gasteiger partial charge < -0.3 is 19.9 Å². The highest BCUT2D eigenvalue weighted by molar-refractivity contribution is 5.77. The second-order valence-corrected chi connectivity index (χ2v) is 4.05. The van der Waals surface area contributed by atoms with Crippen LogP contribution in [-0.2, 0) is 19.1 Å². The molecular formula is C12H19NO5. The lowest BCUT2D eigenvalue weighted by Gasteiger charge is -2.31. The molecule has 0 saturated carbocycles. The predicted molar refractivity (Wildman–Crippen MR) is 64.2 cm³/mol. The number of rotatable bonds is 6. The molecule has 6 nitrogen and oxygen atoms in total. The minimum Gasteiger partial charge on any atom is -0.480 e. The zero-order valence-electron chi connectivity index (χ0n) is 10.4. The molecule has 0 spiro atoms. The predicted octanol–water partition coefficient (Wildman–Crippen LogP) is 0.327. The van der Waals surface area contributed by atoms with Crippen molar-refractivity contribution >= 4 is 11.9 Å². The number of carbonyl (C=O) groups excluding carboxylic acids is 1. The number of carboxylic acid groups (broad SMARTS) is 1. The van der Waals surface area contributed by atoms with Crippen molar-refractivity contribution in [1.82, 2.24) is 5.32 Å². The number of allylic oxidation sites excluding steroid dienone is 1. The minimum absolute atomic E-state index is 0.118. The molecule has 1 saturated heterocycles. The fourth-order valence-corrected chi connectivity index (χ4v) is 1.72. The molecule has 1 rings (SSSR count). The van der Waals surface area contributed by atoms with Crippen LogP contribution in [0.5, 0.6) is 0 Å². The highest BCUT2D eigenvalue weighted by Gasteiger charge is 2.28. The average molecular weight is 257 g/mol. The van der Waals surface area contributed by atoms with E-state index >= 15 is 0 Å². The second-order valence-electron chi connectivity index (χ2n) is 4.05. The van der Waals surface area contributed by atoms with Crippen molar-refractivity contribution in [3.8, 4) is 0 Å². The number of hydrogen-bond donors (Lipinski definition) is 2. The molecular weight excluding hydrogens is 238 g/mol. The SMILES string of the molecule is CC=CCC(=O)N[C@@H]1COCC[C@@H]1OCC(=O)O. The summed E-state index contributed by atoms with van der Waals surface area (Å²) >= 11 is 0. The van der Waals surface area contributed by atoms with E-state index in [1.54, 1.807) is 12.2 Å². The van der Waals surface area contributed by atoms with E-state index in [2.05, 4.69) is 5.32 Å². The van der Waals surface area contributed by atoms with Crippen LogP contribution in [0.25, 0.3) is 0 Å². The topological polar surface area (TPSA) is 84.9 Å². The van der Waals surface area contributed by atoms with Crippen LogP contribution in [0.4, 0.5) is 0 Å². The Morgan fingerprint density at radius 2 is 2.33 bits per heavy atom. The molecule has 0 aromatic rings. The lowest BCUT2D eigenvalue weighted by molar-refractivity contribution is -0.148. The van der Waals surface area contributed by atoms with Crippen LogP contribution in [0, 0.1) is 0 Å². The summed E-state index contributed by atoms with van der Waals surface area (Å²) in [7, 11) is 0. The third kappa shape index (κ3) is 5.29. The lowest BCUT2D eigenvalue weighted by atomic mass is 10.1. The number of carboxylic acids is 1. The van der Waals surface area contributed by atoms with Gasteiger partial charge in [-0.1, -0.05) is 12.2 Å². The third-order valence-corrected chi connectivity index (χ3v) is 2.60. The summed E-state index contributed by atoms with van der Waals surface area (Å²) in [5, 5.41) is 11.4. The first kappa shape index (κ1) is 14.7. The smallest absolute Gasteiger partial charge is 0.329 e. The van der Waals surface area contributed by atoms with Crippen molar-refractivity contribution < 1.29 is 24.2 Å². The van der Waals surface area contributed by atoms with Crippen molar-refractivity contribution in [2.45, 2.75) is 31.9 Å². The van der Waals surface area contributed by atoms with Gasteiger partial charge in [0.05, 0.1) is 18.8 Å². The van der Waals surface area contributed by atoms with Crippen molar-refractivity contribution in [2.24, 2.45) is 0 Å². The van der Waals surface area contributed by atoms with E-state index in [9.17, 15) is 9.59 Å². The number of ether oxygens (including phenoxy) is 2. The molecule has 2 N–H and O–H groups in total. The molecule has 102 valence electrons. The number of nitrogens with one attached hydrogen (secondary N) is 1. The molecule has 6 heteroatoms. The van der Waals surface area contributed by atoms with Gasteiger partial charge in [-0.05, 0) is 13.3 Å². The van der Waals surface area contributed by atoms with Crippen molar-refractivity contribution in [3.63, 3.8) is 0 Å². The van der Waals surface area contributed by atoms with E-state index in [1.807, 2.05) is 6.92 Å². The summed E-state index contributed by atoms with van der Waals surface area (Å²) in [6, 6.07) is -0.282. The molecule has 1 aliphatic heterocycles. The molecule has 1 aliphatic rings. The monoisotopic (exact) mass is 257 g/mol. The zero-order valence-corrected chi connectivity index (χ0v) is 10.4. The van der Waals surface area contributed by atoms with Gasteiger partial charge in [-0.15, -0.1) is 0 Å². The Hall–Kier alpha value is -1.40. The average Bonchev–Trinajstić information content (AvgIpc) is 2.35. The number of amides is 1. The first-order valence-electron chi connectivity index (χ1n) is 5.95. The quantitative estimate of drug-likeness (QED) is 0.670. The van der Waals surface area contributed by atoms with Gasteiger partial charge in [0.15, 0.2) is 0 Å². The number of aliphatic carboxylic acids is 1. The first-order valence-corrected chi connectivity index (χ1v) is 5.95. The van der Waals surface area contributed by atoms with Gasteiger partial charge in [0.2, 0.25) is 5.91 Å². The van der Waals surface area contributed by atoms with Crippen LogP contribution in [0.15, 0.2) is 12.2 Å². The van der Waals surface area contributed by atoms with Gasteiger partial charge in [0.1, 0.15) is 6.61 Å². The van der Waals surface area contributed by atoms with Gasteiger partial charge in [0.25, 0.3) is 0 Å². The molecule has 0 aliphatic carbocycles. The van der Waals surface area contributed by atoms with Crippen LogP contribution < -0.4 is 5.32 Å². The Balaban J connectivity index is 2.43. The normalized spacial score (nSPS) is 24.1. The first-order chi connectivity index (χ1) is 8.63. The van der Waals surface area contributed by atoms with Crippen LogP contribution in [-0.4, -0.2) is 48.9 Å². The number of carbonyl (C=O) groups is 2. The fourth-order valence-electron chi connectivity index (χ4n) is 1.72. The van der Waals surface area contributed by atoms with E-state index in [4.69, 9.17) is 14.6 Å². The maximum absolute atomic E-state index is 11.6. The van der Waals surface area contributed by atoms with Gasteiger partial charge in [-0.2, -0.15) is 0 Å². The Bertz CT molecular complexity index is 316. The summed E-state index contributed by atoms with van der Waals surface area (Å²) in [5.74, 6) is -1.13. The summed E-state index contributed by atoms with van der Waals surface area (Å²) in [5.41, 5.74) is 0. The summed E-state index contributed by atoms with van der Waals surface area (Å²) < 4.78 is 10.5. The van der Waals surface area contributed by atoms with Crippen molar-refractivity contribution in [1.29, 1.82) is 0 Å². The maximum atomic E-state index is 11.6. The van der Waals surface area contributed by atoms with E-state index in [-0.39, 0.29) is 24.7 Å². The zero-order chi connectivity index (χ0) is 13.4. The van der Waals surface area contributed by atoms with Crippen LogP contribution in [0.2, 0.25) is 0 Å². The molecule has 18 heavy (non-hydrogen) atoms. The maximum Gasteiger partial charge on any atom is 0.329 e. The largest absolute Gasteiger partial charge is 0.480 e. The molecule has 0 aromatic carbocycles. The lowest BCUT2D eigenvalue weighted by Crippen LogP contribution is -2.50. The fraction of sp³-hybridized carbons (Fsp3) is 0.667. The van der Waals surface area contributed by atoms with Gasteiger partial charge >= 0.3 is 5.97 Å². The molecule has 0 bridgehead atoms. The highest BCUT2D eigenvalue weighted by atomic mass is 16.5. The van der Waals surface area contributed by atoms with E-state index in [0.717, 1.165) is 0 Å². The van der Waals surface area contributed by atoms with Crippen molar-refractivity contribution in [2.75, 3.05) is 19.8 Å². The van der Waals surface area contributed by atoms with Crippen molar-refractivity contribution in [3.05, 3.63) is 12.2 Å². The van der Waals surface area contributed by atoms with Gasteiger partial charge in [0, 0.05) is 13.0 Å².